The molecule has 36 heavy (non-hydrogen) atoms. The largest absolute Gasteiger partial charge is 1.00 e. The van der Waals surface area contributed by atoms with E-state index in [1.165, 1.54) is 32.9 Å². The van der Waals surface area contributed by atoms with Gasteiger partial charge in [-0.1, -0.05) is 0 Å². The van der Waals surface area contributed by atoms with E-state index in [-0.39, 0.29) is 9.41 Å². The molecule has 0 heterocycles. The molecule has 2 aliphatic carbocycles. The van der Waals surface area contributed by atoms with Gasteiger partial charge in [-0.3, -0.25) is 0 Å². The van der Waals surface area contributed by atoms with Gasteiger partial charge in [0, 0.05) is 0 Å². The van der Waals surface area contributed by atoms with Crippen LogP contribution in [0.15, 0.2) is 108 Å². The zero-order valence-electron chi connectivity index (χ0n) is 20.3. The Labute approximate surface area is 225 Å². The van der Waals surface area contributed by atoms with Crippen LogP contribution in [0.25, 0.3) is 12.2 Å². The number of allylic oxidation sites excluding steroid dienone is 2. The average molecular weight is 659 g/mol. The van der Waals surface area contributed by atoms with Crippen LogP contribution in [0.5, 0.6) is 0 Å². The second kappa shape index (κ2) is 11.3. The maximum absolute atomic E-state index is 2.56. The maximum Gasteiger partial charge on any atom is -1.00 e. The first-order valence-corrected chi connectivity index (χ1v) is 17.4. The number of rotatable bonds is 5. The molecule has 0 aliphatic heterocycles. The van der Waals surface area contributed by atoms with E-state index in [4.69, 9.17) is 0 Å². The molecule has 2 aliphatic rings. The van der Waals surface area contributed by atoms with Crippen molar-refractivity contribution in [1.29, 1.82) is 0 Å². The van der Waals surface area contributed by atoms with Crippen LogP contribution in [0.3, 0.4) is 0 Å². The maximum atomic E-state index is 2.56. The molecule has 2 unspecified atom stereocenters. The van der Waals surface area contributed by atoms with Gasteiger partial charge in [-0.2, -0.15) is 0 Å². The third kappa shape index (κ3) is 4.76. The van der Waals surface area contributed by atoms with E-state index >= 15 is 0 Å². The van der Waals surface area contributed by atoms with Crippen molar-refractivity contribution in [3.63, 3.8) is 0 Å². The molecule has 0 fully saturated rings. The minimum absolute atomic E-state index is 0. The molecule has 0 bridgehead atoms. The molecule has 4 aromatic carbocycles. The Bertz CT molecular complexity index is 1370. The molecular formula is C32H27F2HfP. The molecule has 0 saturated heterocycles. The van der Waals surface area contributed by atoms with Crippen molar-refractivity contribution in [2.24, 2.45) is 0 Å². The van der Waals surface area contributed by atoms with Crippen molar-refractivity contribution in [2.45, 2.75) is 21.2 Å². The van der Waals surface area contributed by atoms with E-state index in [2.05, 4.69) is 129 Å². The minimum Gasteiger partial charge on any atom is -1.00 e. The van der Waals surface area contributed by atoms with Gasteiger partial charge in [0.25, 0.3) is 0 Å². The molecule has 4 aromatic rings. The number of fused-ring (bicyclic) bond motifs is 2. The molecule has 0 N–H and O–H groups in total. The van der Waals surface area contributed by atoms with Crippen LogP contribution in [0, 0.1) is 13.8 Å². The first-order chi connectivity index (χ1) is 16.7. The first kappa shape index (κ1) is 26.6. The first-order valence-electron chi connectivity index (χ1n) is 12.0. The molecule has 178 valence electrons. The molecule has 0 spiro atoms. The topological polar surface area (TPSA) is 0 Å². The summed E-state index contributed by atoms with van der Waals surface area (Å²) in [6, 6.07) is 36.2. The van der Waals surface area contributed by atoms with Gasteiger partial charge < -0.3 is 9.41 Å². The summed E-state index contributed by atoms with van der Waals surface area (Å²) in [5.74, 6) is 0. The fraction of sp³-hybridized carbons (Fsp3) is 0.125. The van der Waals surface area contributed by atoms with Crippen LogP contribution in [0.1, 0.15) is 40.7 Å². The summed E-state index contributed by atoms with van der Waals surface area (Å²) in [4.78, 5) is 0. The molecule has 0 nitrogen and oxygen atoms in total. The Hall–Kier alpha value is -2.48. The van der Waals surface area contributed by atoms with Gasteiger partial charge in [0.05, 0.1) is 0 Å². The summed E-state index contributed by atoms with van der Waals surface area (Å²) in [6.07, 6.45) is 7.51. The monoisotopic (exact) mass is 660 g/mol. The summed E-state index contributed by atoms with van der Waals surface area (Å²) in [6.45, 7) is 4.57. The summed E-state index contributed by atoms with van der Waals surface area (Å²) in [7, 11) is -0.553. The van der Waals surface area contributed by atoms with Gasteiger partial charge >= 0.3 is 217 Å². The Morgan fingerprint density at radius 1 is 0.667 bits per heavy atom. The van der Waals surface area contributed by atoms with Crippen molar-refractivity contribution >= 4 is 30.7 Å². The average Bonchev–Trinajstić information content (AvgIpc) is 3.46. The molecule has 0 saturated carbocycles. The Morgan fingerprint density at radius 3 is 1.92 bits per heavy atom. The molecule has 4 heteroatoms. The predicted molar refractivity (Wildman–Crippen MR) is 144 cm³/mol. The third-order valence-electron chi connectivity index (χ3n) is 7.03. The van der Waals surface area contributed by atoms with Crippen LogP contribution in [-0.2, 0) is 22.9 Å². The zero-order valence-corrected chi connectivity index (χ0v) is 24.8. The number of hydrogen-bond acceptors (Lipinski definition) is 0. The molecule has 0 radical (unpaired) electrons. The molecule has 0 amide bonds. The van der Waals surface area contributed by atoms with Gasteiger partial charge in [-0.25, -0.2) is 0 Å². The molecule has 0 aromatic heterocycles. The fourth-order valence-corrected chi connectivity index (χ4v) is 16.4. The van der Waals surface area contributed by atoms with E-state index in [9.17, 15) is 0 Å². The SMILES string of the molecule is Cc1ccc(C)c2c1C=C[CH]2[Hf+2][CH]1C(P(c2ccccc2)c2ccccc2)=Cc2ccccc21.[F-].[F-]. The number of aryl methyl sites for hydroxylation is 2. The number of hydrogen-bond donors (Lipinski definition) is 0. The van der Waals surface area contributed by atoms with Gasteiger partial charge in [0.2, 0.25) is 0 Å². The molecule has 6 rings (SSSR count). The molecular weight excluding hydrogens is 632 g/mol. The van der Waals surface area contributed by atoms with Gasteiger partial charge in [0.1, 0.15) is 0 Å². The van der Waals surface area contributed by atoms with Crippen LogP contribution < -0.4 is 20.0 Å². The minimum atomic E-state index is -1.19. The van der Waals surface area contributed by atoms with E-state index in [1.807, 2.05) is 0 Å². The zero-order chi connectivity index (χ0) is 23.1. The molecule has 2 atom stereocenters. The second-order valence-electron chi connectivity index (χ2n) is 9.17. The van der Waals surface area contributed by atoms with Crippen LogP contribution in [0.4, 0.5) is 0 Å². The summed E-state index contributed by atoms with van der Waals surface area (Å²) in [5, 5.41) is 4.60. The van der Waals surface area contributed by atoms with E-state index in [0.717, 1.165) is 0 Å². The van der Waals surface area contributed by atoms with Crippen molar-refractivity contribution in [3.8, 4) is 0 Å². The van der Waals surface area contributed by atoms with E-state index in [1.54, 1.807) is 16.4 Å². The van der Waals surface area contributed by atoms with Crippen molar-refractivity contribution < 1.29 is 32.3 Å². The van der Waals surface area contributed by atoms with Crippen molar-refractivity contribution in [1.82, 2.24) is 0 Å². The number of benzene rings is 4. The van der Waals surface area contributed by atoms with Crippen LogP contribution in [0.2, 0.25) is 0 Å². The van der Waals surface area contributed by atoms with Gasteiger partial charge in [-0.15, -0.1) is 0 Å². The van der Waals surface area contributed by atoms with E-state index < -0.39 is 30.8 Å². The van der Waals surface area contributed by atoms with E-state index in [0.29, 0.717) is 7.35 Å². The smallest absolute Gasteiger partial charge is 1.00 e. The van der Waals surface area contributed by atoms with Crippen LogP contribution >= 0.6 is 7.92 Å². The fourth-order valence-electron chi connectivity index (χ4n) is 5.37. The van der Waals surface area contributed by atoms with Crippen LogP contribution in [-0.4, -0.2) is 0 Å². The van der Waals surface area contributed by atoms with Gasteiger partial charge in [-0.05, 0) is 0 Å². The normalized spacial score (nSPS) is 16.9. The Morgan fingerprint density at radius 2 is 1.25 bits per heavy atom. The van der Waals surface area contributed by atoms with Gasteiger partial charge in [0.15, 0.2) is 0 Å². The number of halogens is 2. The third-order valence-corrected chi connectivity index (χ3v) is 16.9. The summed E-state index contributed by atoms with van der Waals surface area (Å²) < 4.78 is 1.26. The predicted octanol–water partition coefficient (Wildman–Crippen LogP) is 1.69. The quantitative estimate of drug-likeness (QED) is 0.226. The summed E-state index contributed by atoms with van der Waals surface area (Å²) in [5.41, 5.74) is 9.01. The van der Waals surface area contributed by atoms with Crippen molar-refractivity contribution in [3.05, 3.63) is 142 Å². The van der Waals surface area contributed by atoms with Crippen molar-refractivity contribution in [2.75, 3.05) is 0 Å². The summed E-state index contributed by atoms with van der Waals surface area (Å²) >= 11 is -1.19. The second-order valence-corrected chi connectivity index (χ2v) is 16.9. The Balaban J connectivity index is 0.00000152. The Kier molecular flexibility index (Phi) is 8.33. The standard InChI is InChI=1S/C21H16P.C11H11.2FH.Hf/c1-3-11-19(12-4-1)22(20-13-5-2-6-14-20)21-15-17-9-7-8-10-18(17)16-21;1-8-6-7-9(2)11-5-3-4-10(8)11;;;/h1-16H;3-7H,1-2H3;2*1H;/q;;;;+2/p-2.